The lowest BCUT2D eigenvalue weighted by atomic mass is 10.1. The molecule has 0 saturated heterocycles. The number of hydrogen-bond acceptors (Lipinski definition) is 1. The molecule has 0 aliphatic heterocycles. The molecule has 2 nitrogen and oxygen atoms in total. The highest BCUT2D eigenvalue weighted by molar-refractivity contribution is 6.31. The largest absolute Gasteiger partial charge is 0.326 e. The smallest absolute Gasteiger partial charge is 0.221 e. The molecule has 0 saturated carbocycles. The van der Waals surface area contributed by atoms with Crippen LogP contribution in [0.3, 0.4) is 0 Å². The summed E-state index contributed by atoms with van der Waals surface area (Å²) in [5.41, 5.74) is 1.79. The molecular weight excluding hydrogens is 186 g/mol. The maximum absolute atomic E-state index is 10.8. The third-order valence-electron chi connectivity index (χ3n) is 1.78. The first kappa shape index (κ1) is 10.1. The van der Waals surface area contributed by atoms with Gasteiger partial charge < -0.3 is 5.32 Å². The summed E-state index contributed by atoms with van der Waals surface area (Å²) in [5.74, 6) is -0.0723. The van der Waals surface area contributed by atoms with E-state index in [0.29, 0.717) is 5.02 Å². The van der Waals surface area contributed by atoms with Crippen molar-refractivity contribution in [1.82, 2.24) is 0 Å². The van der Waals surface area contributed by atoms with Crippen molar-refractivity contribution in [3.63, 3.8) is 0 Å². The molecule has 1 aromatic rings. The topological polar surface area (TPSA) is 29.1 Å². The first-order valence-electron chi connectivity index (χ1n) is 4.20. The predicted octanol–water partition coefficient (Wildman–Crippen LogP) is 2.86. The molecule has 1 N–H and O–H groups in total. The van der Waals surface area contributed by atoms with Gasteiger partial charge >= 0.3 is 0 Å². The van der Waals surface area contributed by atoms with Crippen LogP contribution in [-0.2, 0) is 11.2 Å². The van der Waals surface area contributed by atoms with Gasteiger partial charge in [-0.25, -0.2) is 0 Å². The Hall–Kier alpha value is -1.02. The van der Waals surface area contributed by atoms with Gasteiger partial charge in [-0.05, 0) is 24.1 Å². The third kappa shape index (κ3) is 2.46. The van der Waals surface area contributed by atoms with Gasteiger partial charge in [0, 0.05) is 17.6 Å². The number of rotatable bonds is 2. The van der Waals surface area contributed by atoms with Gasteiger partial charge in [-0.1, -0.05) is 24.6 Å². The Labute approximate surface area is 82.9 Å². The number of halogens is 1. The molecule has 0 heterocycles. The molecule has 0 fully saturated rings. The van der Waals surface area contributed by atoms with Crippen molar-refractivity contribution in [3.05, 3.63) is 28.8 Å². The molecule has 1 aromatic carbocycles. The quantitative estimate of drug-likeness (QED) is 0.776. The average Bonchev–Trinajstić information content (AvgIpc) is 2.03. The van der Waals surface area contributed by atoms with Crippen LogP contribution in [0.4, 0.5) is 5.69 Å². The van der Waals surface area contributed by atoms with Crippen LogP contribution >= 0.6 is 11.6 Å². The van der Waals surface area contributed by atoms with Crippen LogP contribution in [0.5, 0.6) is 0 Å². The summed E-state index contributed by atoms with van der Waals surface area (Å²) in [7, 11) is 0. The Morgan fingerprint density at radius 3 is 2.77 bits per heavy atom. The maximum Gasteiger partial charge on any atom is 0.221 e. The standard InChI is InChI=1S/C10H12ClNO/c1-3-8-9(11)5-4-6-10(8)12-7(2)13/h4-6H,3H2,1-2H3,(H,12,13). The molecule has 1 amide bonds. The molecule has 0 aromatic heterocycles. The third-order valence-corrected chi connectivity index (χ3v) is 2.14. The van der Waals surface area contributed by atoms with E-state index in [2.05, 4.69) is 5.32 Å². The van der Waals surface area contributed by atoms with E-state index < -0.39 is 0 Å². The number of anilines is 1. The van der Waals surface area contributed by atoms with Crippen molar-refractivity contribution in [2.45, 2.75) is 20.3 Å². The molecular formula is C10H12ClNO. The first-order valence-corrected chi connectivity index (χ1v) is 4.58. The normalized spacial score (nSPS) is 9.77. The predicted molar refractivity (Wildman–Crippen MR) is 55.1 cm³/mol. The Balaban J connectivity index is 3.05. The van der Waals surface area contributed by atoms with Crippen molar-refractivity contribution in [3.8, 4) is 0 Å². The number of nitrogens with one attached hydrogen (secondary N) is 1. The van der Waals surface area contributed by atoms with Gasteiger partial charge in [0.05, 0.1) is 0 Å². The van der Waals surface area contributed by atoms with Crippen molar-refractivity contribution in [1.29, 1.82) is 0 Å². The zero-order valence-corrected chi connectivity index (χ0v) is 8.48. The lowest BCUT2D eigenvalue weighted by Gasteiger charge is -2.09. The van der Waals surface area contributed by atoms with Crippen LogP contribution in [0.1, 0.15) is 19.4 Å². The van der Waals surface area contributed by atoms with Crippen molar-refractivity contribution in [2.75, 3.05) is 5.32 Å². The first-order chi connectivity index (χ1) is 6.15. The van der Waals surface area contributed by atoms with Crippen LogP contribution in [0.15, 0.2) is 18.2 Å². The maximum atomic E-state index is 10.8. The van der Waals surface area contributed by atoms with Crippen LogP contribution in [-0.4, -0.2) is 5.91 Å². The summed E-state index contributed by atoms with van der Waals surface area (Å²) < 4.78 is 0. The molecule has 1 rings (SSSR count). The van der Waals surface area contributed by atoms with Gasteiger partial charge in [-0.15, -0.1) is 0 Å². The molecule has 0 spiro atoms. The molecule has 0 aliphatic rings. The highest BCUT2D eigenvalue weighted by atomic mass is 35.5. The van der Waals surface area contributed by atoms with E-state index >= 15 is 0 Å². The number of amides is 1. The van der Waals surface area contributed by atoms with E-state index in [4.69, 9.17) is 11.6 Å². The average molecular weight is 198 g/mol. The summed E-state index contributed by atoms with van der Waals surface area (Å²) in [4.78, 5) is 10.8. The SMILES string of the molecule is CCc1c(Cl)cccc1NC(C)=O. The number of carbonyl (C=O) groups excluding carboxylic acids is 1. The molecule has 13 heavy (non-hydrogen) atoms. The zero-order valence-electron chi connectivity index (χ0n) is 7.73. The number of benzene rings is 1. The summed E-state index contributed by atoms with van der Waals surface area (Å²) >= 11 is 5.96. The van der Waals surface area contributed by atoms with Gasteiger partial charge in [-0.3, -0.25) is 4.79 Å². The molecule has 0 atom stereocenters. The van der Waals surface area contributed by atoms with Gasteiger partial charge in [0.15, 0.2) is 0 Å². The summed E-state index contributed by atoms with van der Waals surface area (Å²) in [6, 6.07) is 5.50. The monoisotopic (exact) mass is 197 g/mol. The van der Waals surface area contributed by atoms with Gasteiger partial charge in [-0.2, -0.15) is 0 Å². The molecule has 70 valence electrons. The number of hydrogen-bond donors (Lipinski definition) is 1. The van der Waals surface area contributed by atoms with E-state index in [1.54, 1.807) is 0 Å². The Morgan fingerprint density at radius 1 is 1.54 bits per heavy atom. The van der Waals surface area contributed by atoms with E-state index in [-0.39, 0.29) is 5.91 Å². The van der Waals surface area contributed by atoms with Crippen LogP contribution < -0.4 is 5.32 Å². The molecule has 3 heteroatoms. The van der Waals surface area contributed by atoms with Crippen molar-refractivity contribution < 1.29 is 4.79 Å². The zero-order chi connectivity index (χ0) is 9.84. The highest BCUT2D eigenvalue weighted by Crippen LogP contribution is 2.24. The summed E-state index contributed by atoms with van der Waals surface area (Å²) in [6.45, 7) is 3.49. The van der Waals surface area contributed by atoms with Gasteiger partial charge in [0.1, 0.15) is 0 Å². The number of carbonyl (C=O) groups is 1. The van der Waals surface area contributed by atoms with E-state index in [9.17, 15) is 4.79 Å². The highest BCUT2D eigenvalue weighted by Gasteiger charge is 2.05. The van der Waals surface area contributed by atoms with E-state index in [1.807, 2.05) is 25.1 Å². The minimum atomic E-state index is -0.0723. The van der Waals surface area contributed by atoms with Crippen LogP contribution in [0.2, 0.25) is 5.02 Å². The fourth-order valence-corrected chi connectivity index (χ4v) is 1.53. The second kappa shape index (κ2) is 4.28. The lowest BCUT2D eigenvalue weighted by molar-refractivity contribution is -0.114. The van der Waals surface area contributed by atoms with E-state index in [1.165, 1.54) is 6.92 Å². The van der Waals surface area contributed by atoms with Crippen LogP contribution in [0.25, 0.3) is 0 Å². The van der Waals surface area contributed by atoms with Gasteiger partial charge in [0.2, 0.25) is 5.91 Å². The Bertz CT molecular complexity index is 323. The molecule has 0 unspecified atom stereocenters. The Morgan fingerprint density at radius 2 is 2.23 bits per heavy atom. The lowest BCUT2D eigenvalue weighted by Crippen LogP contribution is -2.07. The fraction of sp³-hybridized carbons (Fsp3) is 0.300. The van der Waals surface area contributed by atoms with Crippen LogP contribution in [0, 0.1) is 0 Å². The van der Waals surface area contributed by atoms with Crippen molar-refractivity contribution in [2.24, 2.45) is 0 Å². The molecule has 0 radical (unpaired) electrons. The molecule has 0 bridgehead atoms. The molecule has 0 aliphatic carbocycles. The minimum Gasteiger partial charge on any atom is -0.326 e. The summed E-state index contributed by atoms with van der Waals surface area (Å²) in [5, 5.41) is 3.44. The van der Waals surface area contributed by atoms with Crippen molar-refractivity contribution >= 4 is 23.2 Å². The fourth-order valence-electron chi connectivity index (χ4n) is 1.22. The minimum absolute atomic E-state index is 0.0723. The summed E-state index contributed by atoms with van der Waals surface area (Å²) in [6.07, 6.45) is 0.815. The van der Waals surface area contributed by atoms with E-state index in [0.717, 1.165) is 17.7 Å². The van der Waals surface area contributed by atoms with Gasteiger partial charge in [0.25, 0.3) is 0 Å². The Kier molecular flexibility index (Phi) is 3.32. The second-order valence-electron chi connectivity index (χ2n) is 2.80. The second-order valence-corrected chi connectivity index (χ2v) is 3.21.